The molecule has 1 aromatic rings. The standard InChI is InChI=1S/C12H23N3O/c1-5-6-15-11(4)12(10(3)14-15)7-13-9(2)8-16/h9,13,16H,5-8H2,1-4H3/t9-/m0/s1. The molecule has 0 fully saturated rings. The summed E-state index contributed by atoms with van der Waals surface area (Å²) < 4.78 is 2.07. The Morgan fingerprint density at radius 1 is 1.44 bits per heavy atom. The number of rotatable bonds is 6. The topological polar surface area (TPSA) is 50.1 Å². The average molecular weight is 225 g/mol. The quantitative estimate of drug-likeness (QED) is 0.769. The molecular weight excluding hydrogens is 202 g/mol. The van der Waals surface area contributed by atoms with E-state index in [-0.39, 0.29) is 12.6 Å². The maximum Gasteiger partial charge on any atom is 0.0641 e. The van der Waals surface area contributed by atoms with Gasteiger partial charge in [-0.1, -0.05) is 6.92 Å². The fourth-order valence-electron chi connectivity index (χ4n) is 1.76. The Kier molecular flexibility index (Phi) is 4.96. The molecule has 0 aliphatic carbocycles. The molecule has 0 aliphatic rings. The number of aliphatic hydroxyl groups excluding tert-OH is 1. The average Bonchev–Trinajstić information content (AvgIpc) is 2.52. The Morgan fingerprint density at radius 3 is 2.69 bits per heavy atom. The number of nitrogens with one attached hydrogen (secondary N) is 1. The molecule has 2 N–H and O–H groups in total. The van der Waals surface area contributed by atoms with E-state index in [0.717, 1.165) is 25.2 Å². The van der Waals surface area contributed by atoms with Gasteiger partial charge in [-0.15, -0.1) is 0 Å². The number of aryl methyl sites for hydroxylation is 2. The van der Waals surface area contributed by atoms with Crippen molar-refractivity contribution >= 4 is 0 Å². The Labute approximate surface area is 97.7 Å². The van der Waals surface area contributed by atoms with E-state index in [2.05, 4.69) is 28.9 Å². The van der Waals surface area contributed by atoms with Gasteiger partial charge in [0.05, 0.1) is 12.3 Å². The minimum absolute atomic E-state index is 0.133. The van der Waals surface area contributed by atoms with E-state index < -0.39 is 0 Å². The molecule has 1 heterocycles. The van der Waals surface area contributed by atoms with Gasteiger partial charge in [0.15, 0.2) is 0 Å². The molecule has 1 rings (SSSR count). The van der Waals surface area contributed by atoms with Crippen LogP contribution >= 0.6 is 0 Å². The molecule has 0 saturated carbocycles. The highest BCUT2D eigenvalue weighted by molar-refractivity contribution is 5.24. The maximum atomic E-state index is 8.96. The first-order chi connectivity index (χ1) is 7.60. The Balaban J connectivity index is 2.72. The van der Waals surface area contributed by atoms with Crippen LogP contribution in [0.25, 0.3) is 0 Å². The van der Waals surface area contributed by atoms with Gasteiger partial charge in [-0.3, -0.25) is 4.68 Å². The van der Waals surface area contributed by atoms with Crippen LogP contribution in [0.4, 0.5) is 0 Å². The second-order valence-corrected chi connectivity index (χ2v) is 4.34. The number of nitrogens with zero attached hydrogens (tertiary/aromatic N) is 2. The van der Waals surface area contributed by atoms with Crippen LogP contribution in [0, 0.1) is 13.8 Å². The van der Waals surface area contributed by atoms with Crippen molar-refractivity contribution in [3.05, 3.63) is 17.0 Å². The summed E-state index contributed by atoms with van der Waals surface area (Å²) in [5, 5.41) is 16.8. The molecule has 1 atom stereocenters. The van der Waals surface area contributed by atoms with E-state index in [1.54, 1.807) is 0 Å². The molecule has 0 aromatic carbocycles. The monoisotopic (exact) mass is 225 g/mol. The van der Waals surface area contributed by atoms with Crippen LogP contribution in [0.3, 0.4) is 0 Å². The molecule has 1 aromatic heterocycles. The SMILES string of the molecule is CCCn1nc(C)c(CN[C@@H](C)CO)c1C. The van der Waals surface area contributed by atoms with Gasteiger partial charge < -0.3 is 10.4 Å². The molecule has 0 amide bonds. The zero-order chi connectivity index (χ0) is 12.1. The number of hydrogen-bond donors (Lipinski definition) is 2. The van der Waals surface area contributed by atoms with Gasteiger partial charge in [0.1, 0.15) is 0 Å². The highest BCUT2D eigenvalue weighted by atomic mass is 16.3. The Bertz CT molecular complexity index is 333. The summed E-state index contributed by atoms with van der Waals surface area (Å²) in [6, 6.07) is 0.133. The predicted octanol–water partition coefficient (Wildman–Crippen LogP) is 1.38. The zero-order valence-electron chi connectivity index (χ0n) is 10.7. The molecule has 0 aliphatic heterocycles. The van der Waals surface area contributed by atoms with Crippen molar-refractivity contribution in [2.75, 3.05) is 6.61 Å². The van der Waals surface area contributed by atoms with Crippen LogP contribution in [0.5, 0.6) is 0 Å². The molecule has 4 heteroatoms. The third kappa shape index (κ3) is 3.06. The van der Waals surface area contributed by atoms with Crippen molar-refractivity contribution in [3.63, 3.8) is 0 Å². The van der Waals surface area contributed by atoms with Crippen LogP contribution in [0.2, 0.25) is 0 Å². The van der Waals surface area contributed by atoms with Gasteiger partial charge in [0, 0.05) is 30.4 Å². The lowest BCUT2D eigenvalue weighted by Crippen LogP contribution is -2.29. The summed E-state index contributed by atoms with van der Waals surface area (Å²) in [5.74, 6) is 0. The third-order valence-corrected chi connectivity index (χ3v) is 2.87. The molecule has 0 unspecified atom stereocenters. The van der Waals surface area contributed by atoms with Crippen LogP contribution in [0.15, 0.2) is 0 Å². The second-order valence-electron chi connectivity index (χ2n) is 4.34. The number of aliphatic hydroxyl groups is 1. The first-order valence-corrected chi connectivity index (χ1v) is 5.97. The van der Waals surface area contributed by atoms with Gasteiger partial charge in [-0.25, -0.2) is 0 Å². The van der Waals surface area contributed by atoms with Crippen molar-refractivity contribution in [1.29, 1.82) is 0 Å². The van der Waals surface area contributed by atoms with Gasteiger partial charge >= 0.3 is 0 Å². The Hall–Kier alpha value is -0.870. The molecular formula is C12H23N3O. The first kappa shape index (κ1) is 13.2. The summed E-state index contributed by atoms with van der Waals surface area (Å²) in [5.41, 5.74) is 3.58. The van der Waals surface area contributed by atoms with E-state index in [9.17, 15) is 0 Å². The van der Waals surface area contributed by atoms with Crippen LogP contribution in [0.1, 0.15) is 37.2 Å². The van der Waals surface area contributed by atoms with Crippen molar-refractivity contribution in [3.8, 4) is 0 Å². The summed E-state index contributed by atoms with van der Waals surface area (Å²) in [6.45, 7) is 10.2. The van der Waals surface area contributed by atoms with E-state index in [0.29, 0.717) is 0 Å². The van der Waals surface area contributed by atoms with E-state index >= 15 is 0 Å². The second kappa shape index (κ2) is 6.01. The summed E-state index contributed by atoms with van der Waals surface area (Å²) in [6.07, 6.45) is 1.10. The fraction of sp³-hybridized carbons (Fsp3) is 0.750. The predicted molar refractivity (Wildman–Crippen MR) is 65.4 cm³/mol. The molecule has 0 spiro atoms. The van der Waals surface area contributed by atoms with Crippen LogP contribution in [-0.4, -0.2) is 27.5 Å². The first-order valence-electron chi connectivity index (χ1n) is 5.97. The smallest absolute Gasteiger partial charge is 0.0641 e. The lowest BCUT2D eigenvalue weighted by atomic mass is 10.2. The maximum absolute atomic E-state index is 8.96. The summed E-state index contributed by atoms with van der Waals surface area (Å²) in [4.78, 5) is 0. The lowest BCUT2D eigenvalue weighted by molar-refractivity contribution is 0.251. The van der Waals surface area contributed by atoms with Gasteiger partial charge in [0.2, 0.25) is 0 Å². The molecule has 16 heavy (non-hydrogen) atoms. The minimum Gasteiger partial charge on any atom is -0.395 e. The van der Waals surface area contributed by atoms with E-state index in [1.165, 1.54) is 11.3 Å². The van der Waals surface area contributed by atoms with Gasteiger partial charge in [0.25, 0.3) is 0 Å². The van der Waals surface area contributed by atoms with E-state index in [4.69, 9.17) is 5.11 Å². The van der Waals surface area contributed by atoms with Crippen molar-refractivity contribution in [2.45, 2.75) is 53.2 Å². The zero-order valence-corrected chi connectivity index (χ0v) is 10.7. The molecule has 4 nitrogen and oxygen atoms in total. The molecule has 92 valence electrons. The highest BCUT2D eigenvalue weighted by Crippen LogP contribution is 2.13. The van der Waals surface area contributed by atoms with Gasteiger partial charge in [-0.05, 0) is 27.2 Å². The molecule has 0 bridgehead atoms. The van der Waals surface area contributed by atoms with Crippen molar-refractivity contribution in [2.24, 2.45) is 0 Å². The lowest BCUT2D eigenvalue weighted by Gasteiger charge is -2.10. The Morgan fingerprint density at radius 2 is 2.12 bits per heavy atom. The van der Waals surface area contributed by atoms with Crippen molar-refractivity contribution < 1.29 is 5.11 Å². The third-order valence-electron chi connectivity index (χ3n) is 2.87. The van der Waals surface area contributed by atoms with Gasteiger partial charge in [-0.2, -0.15) is 5.10 Å². The highest BCUT2D eigenvalue weighted by Gasteiger charge is 2.11. The molecule has 0 radical (unpaired) electrons. The number of aromatic nitrogens is 2. The van der Waals surface area contributed by atoms with E-state index in [1.807, 2.05) is 13.8 Å². The van der Waals surface area contributed by atoms with Crippen molar-refractivity contribution in [1.82, 2.24) is 15.1 Å². The van der Waals surface area contributed by atoms with Crippen LogP contribution < -0.4 is 5.32 Å². The van der Waals surface area contributed by atoms with Crippen LogP contribution in [-0.2, 0) is 13.1 Å². The fourth-order valence-corrected chi connectivity index (χ4v) is 1.76. The minimum atomic E-state index is 0.133. The number of hydrogen-bond acceptors (Lipinski definition) is 3. The molecule has 0 saturated heterocycles. The largest absolute Gasteiger partial charge is 0.395 e. The summed E-state index contributed by atoms with van der Waals surface area (Å²) in [7, 11) is 0. The normalized spacial score (nSPS) is 13.1. The summed E-state index contributed by atoms with van der Waals surface area (Å²) >= 11 is 0.